The Morgan fingerprint density at radius 2 is 2.06 bits per heavy atom. The SMILES string of the molecule is Cc1cccc(-c2nc(Cl)c3cc(N)ccn23)c1. The number of fused-ring (bicyclic) bond motifs is 1. The van der Waals surface area contributed by atoms with Crippen LogP contribution in [-0.4, -0.2) is 9.38 Å². The predicted molar refractivity (Wildman–Crippen MR) is 74.8 cm³/mol. The van der Waals surface area contributed by atoms with Crippen LogP contribution in [0.5, 0.6) is 0 Å². The summed E-state index contributed by atoms with van der Waals surface area (Å²) in [7, 11) is 0. The summed E-state index contributed by atoms with van der Waals surface area (Å²) in [5.74, 6) is 0.832. The molecule has 0 bridgehead atoms. The lowest BCUT2D eigenvalue weighted by atomic mass is 10.1. The third kappa shape index (κ3) is 1.73. The van der Waals surface area contributed by atoms with Crippen LogP contribution in [0.1, 0.15) is 5.56 Å². The number of halogens is 1. The molecule has 1 aromatic carbocycles. The minimum Gasteiger partial charge on any atom is -0.399 e. The number of hydrogen-bond donors (Lipinski definition) is 1. The number of hydrogen-bond acceptors (Lipinski definition) is 2. The zero-order chi connectivity index (χ0) is 12.7. The van der Waals surface area contributed by atoms with Gasteiger partial charge in [0.05, 0.1) is 5.52 Å². The normalized spacial score (nSPS) is 11.0. The maximum absolute atomic E-state index is 6.15. The molecular formula is C14H12ClN3. The highest BCUT2D eigenvalue weighted by molar-refractivity contribution is 6.33. The van der Waals surface area contributed by atoms with Crippen LogP contribution in [0, 0.1) is 6.92 Å². The molecule has 0 saturated carbocycles. The van der Waals surface area contributed by atoms with Crippen LogP contribution in [0.25, 0.3) is 16.9 Å². The second-order valence-electron chi connectivity index (χ2n) is 4.31. The lowest BCUT2D eigenvalue weighted by Gasteiger charge is -2.02. The first-order chi connectivity index (χ1) is 8.65. The van der Waals surface area contributed by atoms with Crippen molar-refractivity contribution in [2.24, 2.45) is 0 Å². The molecule has 4 heteroatoms. The number of nitrogens with two attached hydrogens (primary N) is 1. The molecule has 3 rings (SSSR count). The van der Waals surface area contributed by atoms with E-state index in [9.17, 15) is 0 Å². The van der Waals surface area contributed by atoms with E-state index in [0.29, 0.717) is 10.8 Å². The Hall–Kier alpha value is -2.00. The first kappa shape index (κ1) is 11.1. The van der Waals surface area contributed by atoms with Gasteiger partial charge in [0.25, 0.3) is 0 Å². The molecule has 2 heterocycles. The Bertz CT molecular complexity index is 731. The Labute approximate surface area is 110 Å². The van der Waals surface area contributed by atoms with Crippen molar-refractivity contribution >= 4 is 22.8 Å². The van der Waals surface area contributed by atoms with Crippen molar-refractivity contribution in [2.75, 3.05) is 5.73 Å². The molecule has 18 heavy (non-hydrogen) atoms. The smallest absolute Gasteiger partial charge is 0.155 e. The van der Waals surface area contributed by atoms with Crippen molar-refractivity contribution < 1.29 is 0 Å². The number of benzene rings is 1. The molecule has 0 aliphatic heterocycles. The summed E-state index contributed by atoms with van der Waals surface area (Å²) in [5, 5.41) is 0.471. The summed E-state index contributed by atoms with van der Waals surface area (Å²) in [6.45, 7) is 2.05. The average molecular weight is 258 g/mol. The fourth-order valence-corrected chi connectivity index (χ4v) is 2.28. The molecule has 0 aliphatic rings. The van der Waals surface area contributed by atoms with Gasteiger partial charge in [-0.2, -0.15) is 0 Å². The van der Waals surface area contributed by atoms with E-state index in [2.05, 4.69) is 24.0 Å². The van der Waals surface area contributed by atoms with Gasteiger partial charge in [0, 0.05) is 17.4 Å². The van der Waals surface area contributed by atoms with E-state index >= 15 is 0 Å². The van der Waals surface area contributed by atoms with Crippen molar-refractivity contribution in [3.8, 4) is 11.4 Å². The zero-order valence-corrected chi connectivity index (χ0v) is 10.6. The van der Waals surface area contributed by atoms with Gasteiger partial charge in [-0.1, -0.05) is 35.4 Å². The molecule has 2 aromatic heterocycles. The molecule has 2 N–H and O–H groups in total. The number of nitrogens with zero attached hydrogens (tertiary/aromatic N) is 2. The zero-order valence-electron chi connectivity index (χ0n) is 9.89. The molecule has 0 unspecified atom stereocenters. The largest absolute Gasteiger partial charge is 0.399 e. The van der Waals surface area contributed by atoms with Crippen LogP contribution in [0.2, 0.25) is 5.15 Å². The van der Waals surface area contributed by atoms with Crippen molar-refractivity contribution in [2.45, 2.75) is 6.92 Å². The van der Waals surface area contributed by atoms with E-state index in [1.807, 2.05) is 34.9 Å². The second kappa shape index (κ2) is 4.03. The number of nitrogen functional groups attached to an aromatic ring is 1. The van der Waals surface area contributed by atoms with E-state index in [1.54, 1.807) is 0 Å². The number of pyridine rings is 1. The van der Waals surface area contributed by atoms with Gasteiger partial charge in [0.1, 0.15) is 5.82 Å². The fourth-order valence-electron chi connectivity index (χ4n) is 2.05. The van der Waals surface area contributed by atoms with Gasteiger partial charge in [-0.05, 0) is 25.1 Å². The number of rotatable bonds is 1. The van der Waals surface area contributed by atoms with Gasteiger partial charge in [-0.3, -0.25) is 4.40 Å². The quantitative estimate of drug-likeness (QED) is 0.725. The fraction of sp³-hybridized carbons (Fsp3) is 0.0714. The van der Waals surface area contributed by atoms with Gasteiger partial charge in [-0.15, -0.1) is 0 Å². The van der Waals surface area contributed by atoms with Gasteiger partial charge in [-0.25, -0.2) is 4.98 Å². The van der Waals surface area contributed by atoms with Gasteiger partial charge >= 0.3 is 0 Å². The first-order valence-electron chi connectivity index (χ1n) is 5.65. The number of anilines is 1. The topological polar surface area (TPSA) is 43.3 Å². The monoisotopic (exact) mass is 257 g/mol. The third-order valence-electron chi connectivity index (χ3n) is 2.90. The Kier molecular flexibility index (Phi) is 2.49. The summed E-state index contributed by atoms with van der Waals surface area (Å²) in [5.41, 5.74) is 9.51. The molecule has 0 spiro atoms. The molecule has 0 atom stereocenters. The lowest BCUT2D eigenvalue weighted by Crippen LogP contribution is -1.91. The van der Waals surface area contributed by atoms with Crippen molar-refractivity contribution in [1.82, 2.24) is 9.38 Å². The highest BCUT2D eigenvalue weighted by atomic mass is 35.5. The maximum atomic E-state index is 6.15. The van der Waals surface area contributed by atoms with E-state index < -0.39 is 0 Å². The molecule has 0 fully saturated rings. The molecule has 0 saturated heterocycles. The van der Waals surface area contributed by atoms with Crippen molar-refractivity contribution in [1.29, 1.82) is 0 Å². The van der Waals surface area contributed by atoms with E-state index in [4.69, 9.17) is 17.3 Å². The number of aromatic nitrogens is 2. The lowest BCUT2D eigenvalue weighted by molar-refractivity contribution is 1.16. The summed E-state index contributed by atoms with van der Waals surface area (Å²) < 4.78 is 1.95. The van der Waals surface area contributed by atoms with E-state index in [0.717, 1.165) is 16.9 Å². The molecule has 3 aromatic rings. The summed E-state index contributed by atoms with van der Waals surface area (Å²) in [6.07, 6.45) is 1.89. The first-order valence-corrected chi connectivity index (χ1v) is 6.03. The van der Waals surface area contributed by atoms with E-state index in [-0.39, 0.29) is 0 Å². The highest BCUT2D eigenvalue weighted by Crippen LogP contribution is 2.27. The highest BCUT2D eigenvalue weighted by Gasteiger charge is 2.11. The van der Waals surface area contributed by atoms with Crippen LogP contribution in [-0.2, 0) is 0 Å². The standard InChI is InChI=1S/C14H12ClN3/c1-9-3-2-4-10(7-9)14-17-13(15)12-8-11(16)5-6-18(12)14/h2-8H,16H2,1H3. The van der Waals surface area contributed by atoms with Gasteiger partial charge in [0.2, 0.25) is 0 Å². The summed E-state index contributed by atoms with van der Waals surface area (Å²) in [6, 6.07) is 11.8. The van der Waals surface area contributed by atoms with Crippen LogP contribution in [0.4, 0.5) is 5.69 Å². The molecule has 0 amide bonds. The van der Waals surface area contributed by atoms with Crippen LogP contribution in [0.3, 0.4) is 0 Å². The number of aryl methyl sites for hydroxylation is 1. The Morgan fingerprint density at radius 3 is 2.83 bits per heavy atom. The average Bonchev–Trinajstić information content (AvgIpc) is 2.67. The van der Waals surface area contributed by atoms with Gasteiger partial charge < -0.3 is 5.73 Å². The van der Waals surface area contributed by atoms with Crippen molar-refractivity contribution in [3.63, 3.8) is 0 Å². The molecule has 0 radical (unpaired) electrons. The Morgan fingerprint density at radius 1 is 1.22 bits per heavy atom. The van der Waals surface area contributed by atoms with E-state index in [1.165, 1.54) is 5.56 Å². The summed E-state index contributed by atoms with van der Waals surface area (Å²) in [4.78, 5) is 4.42. The predicted octanol–water partition coefficient (Wildman–Crippen LogP) is 3.55. The minimum absolute atomic E-state index is 0.471. The minimum atomic E-state index is 0.471. The van der Waals surface area contributed by atoms with Crippen molar-refractivity contribution in [3.05, 3.63) is 53.3 Å². The number of imidazole rings is 1. The third-order valence-corrected chi connectivity index (χ3v) is 3.18. The molecule has 0 aliphatic carbocycles. The van der Waals surface area contributed by atoms with Crippen LogP contribution in [0.15, 0.2) is 42.6 Å². The second-order valence-corrected chi connectivity index (χ2v) is 4.67. The Balaban J connectivity index is 2.30. The summed E-state index contributed by atoms with van der Waals surface area (Å²) >= 11 is 6.15. The molecular weight excluding hydrogens is 246 g/mol. The van der Waals surface area contributed by atoms with Crippen LogP contribution < -0.4 is 5.73 Å². The molecule has 3 nitrogen and oxygen atoms in total. The maximum Gasteiger partial charge on any atom is 0.155 e. The van der Waals surface area contributed by atoms with Gasteiger partial charge in [0.15, 0.2) is 5.15 Å². The molecule has 90 valence electrons. The van der Waals surface area contributed by atoms with Crippen LogP contribution >= 0.6 is 11.6 Å².